The molecule has 2 nitrogen and oxygen atoms in total. The van der Waals surface area contributed by atoms with Crippen molar-refractivity contribution in [2.75, 3.05) is 0 Å². The maximum atomic E-state index is 11.5. The highest BCUT2D eigenvalue weighted by atomic mass is 16.3. The van der Waals surface area contributed by atoms with Crippen LogP contribution in [0.3, 0.4) is 0 Å². The Bertz CT molecular complexity index is 804. The smallest absolute Gasteiger partial charge is 0.119 e. The molecule has 0 heterocycles. The van der Waals surface area contributed by atoms with Gasteiger partial charge in [-0.1, -0.05) is 72.8 Å². The van der Waals surface area contributed by atoms with Crippen molar-refractivity contribution in [3.8, 4) is 6.07 Å². The Morgan fingerprint density at radius 1 is 0.739 bits per heavy atom. The summed E-state index contributed by atoms with van der Waals surface area (Å²) in [5.74, 6) is 0. The van der Waals surface area contributed by atoms with E-state index < -0.39 is 5.60 Å². The quantitative estimate of drug-likeness (QED) is 0.790. The van der Waals surface area contributed by atoms with Crippen molar-refractivity contribution in [1.82, 2.24) is 0 Å². The van der Waals surface area contributed by atoms with Crippen LogP contribution < -0.4 is 0 Å². The van der Waals surface area contributed by atoms with Gasteiger partial charge >= 0.3 is 0 Å². The Balaban J connectivity index is 2.07. The Morgan fingerprint density at radius 3 is 1.83 bits per heavy atom. The molecule has 0 amide bonds. The average molecular weight is 299 g/mol. The topological polar surface area (TPSA) is 44.0 Å². The van der Waals surface area contributed by atoms with E-state index in [9.17, 15) is 5.11 Å². The SMILES string of the molecule is N#Cc1ccc([C@@](O)(Cc2ccccc2)c2ccccc2)cc1. The molecule has 0 radical (unpaired) electrons. The van der Waals surface area contributed by atoms with Crippen LogP contribution in [-0.2, 0) is 12.0 Å². The van der Waals surface area contributed by atoms with E-state index in [1.807, 2.05) is 72.8 Å². The molecule has 3 aromatic rings. The van der Waals surface area contributed by atoms with E-state index in [4.69, 9.17) is 5.26 Å². The second-order valence-electron chi connectivity index (χ2n) is 5.58. The van der Waals surface area contributed by atoms with Gasteiger partial charge in [-0.2, -0.15) is 5.26 Å². The van der Waals surface area contributed by atoms with Gasteiger partial charge in [0, 0.05) is 6.42 Å². The van der Waals surface area contributed by atoms with Crippen molar-refractivity contribution in [1.29, 1.82) is 5.26 Å². The lowest BCUT2D eigenvalue weighted by molar-refractivity contribution is 0.0811. The van der Waals surface area contributed by atoms with E-state index in [0.29, 0.717) is 12.0 Å². The average Bonchev–Trinajstić information content (AvgIpc) is 2.63. The predicted octanol–water partition coefficient (Wildman–Crippen LogP) is 4.04. The van der Waals surface area contributed by atoms with E-state index in [1.54, 1.807) is 12.1 Å². The van der Waals surface area contributed by atoms with Gasteiger partial charge in [-0.3, -0.25) is 0 Å². The lowest BCUT2D eigenvalue weighted by Crippen LogP contribution is -2.30. The van der Waals surface area contributed by atoms with Crippen LogP contribution >= 0.6 is 0 Å². The minimum Gasteiger partial charge on any atom is -0.380 e. The van der Waals surface area contributed by atoms with E-state index in [2.05, 4.69) is 6.07 Å². The number of aliphatic hydroxyl groups is 1. The Morgan fingerprint density at radius 2 is 1.26 bits per heavy atom. The molecule has 112 valence electrons. The number of nitriles is 1. The van der Waals surface area contributed by atoms with E-state index >= 15 is 0 Å². The zero-order valence-corrected chi connectivity index (χ0v) is 12.7. The first-order chi connectivity index (χ1) is 11.2. The zero-order valence-electron chi connectivity index (χ0n) is 12.7. The van der Waals surface area contributed by atoms with Gasteiger partial charge in [0.1, 0.15) is 5.60 Å². The summed E-state index contributed by atoms with van der Waals surface area (Å²) >= 11 is 0. The molecule has 1 N–H and O–H groups in total. The summed E-state index contributed by atoms with van der Waals surface area (Å²) in [7, 11) is 0. The number of hydrogen-bond acceptors (Lipinski definition) is 2. The maximum absolute atomic E-state index is 11.5. The Kier molecular flexibility index (Phi) is 4.23. The van der Waals surface area contributed by atoms with Crippen molar-refractivity contribution in [2.45, 2.75) is 12.0 Å². The standard InChI is InChI=1S/C21H17NO/c22-16-18-11-13-20(14-12-18)21(23,19-9-5-2-6-10-19)15-17-7-3-1-4-8-17/h1-14,23H,15H2/t21-/m1/s1. The molecular weight excluding hydrogens is 282 g/mol. The van der Waals surface area contributed by atoms with Crippen LogP contribution in [-0.4, -0.2) is 5.11 Å². The third-order valence-electron chi connectivity index (χ3n) is 4.05. The third kappa shape index (κ3) is 3.15. The molecule has 0 aliphatic heterocycles. The molecule has 3 rings (SSSR count). The molecule has 0 unspecified atom stereocenters. The number of nitrogens with zero attached hydrogens (tertiary/aromatic N) is 1. The number of rotatable bonds is 4. The van der Waals surface area contributed by atoms with Gasteiger partial charge in [-0.25, -0.2) is 0 Å². The highest BCUT2D eigenvalue weighted by molar-refractivity contribution is 5.41. The van der Waals surface area contributed by atoms with E-state index in [0.717, 1.165) is 16.7 Å². The first-order valence-electron chi connectivity index (χ1n) is 7.55. The van der Waals surface area contributed by atoms with E-state index in [1.165, 1.54) is 0 Å². The third-order valence-corrected chi connectivity index (χ3v) is 4.05. The maximum Gasteiger partial charge on any atom is 0.119 e. The van der Waals surface area contributed by atoms with Gasteiger partial charge in [-0.05, 0) is 28.8 Å². The van der Waals surface area contributed by atoms with Gasteiger partial charge in [0.25, 0.3) is 0 Å². The first kappa shape index (κ1) is 15.0. The van der Waals surface area contributed by atoms with Crippen LogP contribution in [0.25, 0.3) is 0 Å². The minimum atomic E-state index is -1.13. The molecule has 0 bridgehead atoms. The summed E-state index contributed by atoms with van der Waals surface area (Å²) in [6.45, 7) is 0. The normalized spacial score (nSPS) is 13.0. The van der Waals surface area contributed by atoms with Gasteiger partial charge in [-0.15, -0.1) is 0 Å². The Hall–Kier alpha value is -2.89. The van der Waals surface area contributed by atoms with Crippen LogP contribution in [0.2, 0.25) is 0 Å². The summed E-state index contributed by atoms with van der Waals surface area (Å²) < 4.78 is 0. The molecule has 0 aliphatic rings. The molecule has 3 aromatic carbocycles. The summed E-state index contributed by atoms with van der Waals surface area (Å²) in [6, 6.07) is 28.8. The second kappa shape index (κ2) is 6.48. The molecule has 23 heavy (non-hydrogen) atoms. The highest BCUT2D eigenvalue weighted by Gasteiger charge is 2.31. The van der Waals surface area contributed by atoms with E-state index in [-0.39, 0.29) is 0 Å². The monoisotopic (exact) mass is 299 g/mol. The fraction of sp³-hybridized carbons (Fsp3) is 0.0952. The predicted molar refractivity (Wildman–Crippen MR) is 90.7 cm³/mol. The largest absolute Gasteiger partial charge is 0.380 e. The highest BCUT2D eigenvalue weighted by Crippen LogP contribution is 2.33. The van der Waals surface area contributed by atoms with Gasteiger partial charge in [0.15, 0.2) is 0 Å². The Labute approximate surface area is 136 Å². The fourth-order valence-electron chi connectivity index (χ4n) is 2.80. The van der Waals surface area contributed by atoms with Crippen LogP contribution in [0.15, 0.2) is 84.9 Å². The van der Waals surface area contributed by atoms with Crippen molar-refractivity contribution in [3.05, 3.63) is 107 Å². The van der Waals surface area contributed by atoms with Crippen molar-refractivity contribution in [2.24, 2.45) is 0 Å². The van der Waals surface area contributed by atoms with Crippen LogP contribution in [0.5, 0.6) is 0 Å². The second-order valence-corrected chi connectivity index (χ2v) is 5.58. The lowest BCUT2D eigenvalue weighted by Gasteiger charge is -2.30. The molecular formula is C21H17NO. The summed E-state index contributed by atoms with van der Waals surface area (Å²) in [4.78, 5) is 0. The van der Waals surface area contributed by atoms with Crippen LogP contribution in [0.4, 0.5) is 0 Å². The lowest BCUT2D eigenvalue weighted by atomic mass is 9.81. The molecule has 0 spiro atoms. The molecule has 2 heteroatoms. The molecule has 0 aromatic heterocycles. The van der Waals surface area contributed by atoms with Crippen molar-refractivity contribution < 1.29 is 5.11 Å². The molecule has 0 fully saturated rings. The van der Waals surface area contributed by atoms with Gasteiger partial charge in [0.05, 0.1) is 11.6 Å². The number of hydrogen-bond donors (Lipinski definition) is 1. The summed E-state index contributed by atoms with van der Waals surface area (Å²) in [5.41, 5.74) is 2.14. The number of benzene rings is 3. The van der Waals surface area contributed by atoms with Crippen molar-refractivity contribution in [3.63, 3.8) is 0 Å². The van der Waals surface area contributed by atoms with Crippen LogP contribution in [0, 0.1) is 11.3 Å². The summed E-state index contributed by atoms with van der Waals surface area (Å²) in [6.07, 6.45) is 0.476. The van der Waals surface area contributed by atoms with Gasteiger partial charge < -0.3 is 5.11 Å². The minimum absolute atomic E-state index is 0.476. The zero-order chi connectivity index (χ0) is 16.1. The molecule has 0 saturated carbocycles. The van der Waals surface area contributed by atoms with Gasteiger partial charge in [0.2, 0.25) is 0 Å². The summed E-state index contributed by atoms with van der Waals surface area (Å²) in [5, 5.41) is 20.5. The first-order valence-corrected chi connectivity index (χ1v) is 7.55. The molecule has 0 aliphatic carbocycles. The molecule has 0 saturated heterocycles. The van der Waals surface area contributed by atoms with Crippen LogP contribution in [0.1, 0.15) is 22.3 Å². The molecule has 1 atom stereocenters. The fourth-order valence-corrected chi connectivity index (χ4v) is 2.80. The van der Waals surface area contributed by atoms with Crippen molar-refractivity contribution >= 4 is 0 Å².